The van der Waals surface area contributed by atoms with E-state index in [2.05, 4.69) is 16.0 Å². The first kappa shape index (κ1) is 27.1. The highest BCUT2D eigenvalue weighted by atomic mass is 35.5. The predicted molar refractivity (Wildman–Crippen MR) is 143 cm³/mol. The van der Waals surface area contributed by atoms with Crippen LogP contribution in [-0.2, 0) is 11.3 Å². The van der Waals surface area contributed by atoms with Gasteiger partial charge in [-0.25, -0.2) is 9.36 Å². The highest BCUT2D eigenvalue weighted by Gasteiger charge is 2.31. The molecule has 1 aliphatic heterocycles. The average Bonchev–Trinajstić information content (AvgIpc) is 3.25. The summed E-state index contributed by atoms with van der Waals surface area (Å²) in [7, 11) is 0. The fourth-order valence-electron chi connectivity index (χ4n) is 4.29. The Kier molecular flexibility index (Phi) is 7.73. The molecule has 12 heteroatoms. The lowest BCUT2D eigenvalue weighted by Crippen LogP contribution is -2.50. The van der Waals surface area contributed by atoms with Gasteiger partial charge in [0.15, 0.2) is 11.2 Å². The first-order valence-corrected chi connectivity index (χ1v) is 12.8. The van der Waals surface area contributed by atoms with Crippen molar-refractivity contribution in [2.75, 3.05) is 31.1 Å². The molecular formula is C26H30ClN7O4. The van der Waals surface area contributed by atoms with Crippen LogP contribution in [0.3, 0.4) is 0 Å². The number of ether oxygens (including phenoxy) is 1. The van der Waals surface area contributed by atoms with Crippen molar-refractivity contribution in [2.24, 2.45) is 0 Å². The van der Waals surface area contributed by atoms with E-state index in [4.69, 9.17) is 16.3 Å². The summed E-state index contributed by atoms with van der Waals surface area (Å²) in [5.41, 5.74) is -0.0128. The minimum atomic E-state index is -0.604. The normalized spacial score (nSPS) is 14.0. The van der Waals surface area contributed by atoms with E-state index in [9.17, 15) is 19.6 Å². The van der Waals surface area contributed by atoms with Crippen LogP contribution in [0.4, 0.5) is 10.7 Å². The van der Waals surface area contributed by atoms with Crippen LogP contribution >= 0.6 is 11.6 Å². The molecule has 1 aliphatic rings. The highest BCUT2D eigenvalue weighted by molar-refractivity contribution is 6.28. The summed E-state index contributed by atoms with van der Waals surface area (Å²) in [5.74, 6) is 0.00268. The van der Waals surface area contributed by atoms with E-state index in [1.54, 1.807) is 29.2 Å². The topological polar surface area (TPSA) is 126 Å². The maximum absolute atomic E-state index is 13.7. The first-order valence-electron chi connectivity index (χ1n) is 12.5. The van der Waals surface area contributed by atoms with Crippen LogP contribution in [0.25, 0.3) is 11.2 Å². The standard InChI is InChI=1S/C26H30ClN7O4/c1-5-8-19(35)34-20-21(29-23(27)33(22(20)36)16-18-10-7-6-9-17(18)15-28)30-24(34)31-11-13-32(14-12-31)25(37)38-26(2,3)4/h6-7,9-10H,5,8,11-14,16H2,1-4H3. The van der Waals surface area contributed by atoms with Gasteiger partial charge in [0, 0.05) is 32.6 Å². The summed E-state index contributed by atoms with van der Waals surface area (Å²) in [4.78, 5) is 51.8. The van der Waals surface area contributed by atoms with Crippen LogP contribution in [0.2, 0.25) is 5.28 Å². The molecule has 38 heavy (non-hydrogen) atoms. The number of benzene rings is 1. The van der Waals surface area contributed by atoms with Gasteiger partial charge in [-0.3, -0.25) is 14.2 Å². The molecule has 3 heterocycles. The van der Waals surface area contributed by atoms with Crippen molar-refractivity contribution in [1.82, 2.24) is 24.0 Å². The number of halogens is 1. The monoisotopic (exact) mass is 539 g/mol. The number of nitrogens with zero attached hydrogens (tertiary/aromatic N) is 7. The molecule has 0 unspecified atom stereocenters. The van der Waals surface area contributed by atoms with E-state index in [1.165, 1.54) is 9.13 Å². The van der Waals surface area contributed by atoms with E-state index in [1.807, 2.05) is 32.6 Å². The van der Waals surface area contributed by atoms with Crippen LogP contribution in [0.5, 0.6) is 0 Å². The number of piperazine rings is 1. The summed E-state index contributed by atoms with van der Waals surface area (Å²) in [6, 6.07) is 9.02. The summed E-state index contributed by atoms with van der Waals surface area (Å²) in [6.45, 7) is 8.84. The van der Waals surface area contributed by atoms with Gasteiger partial charge in [-0.15, -0.1) is 0 Å². The summed E-state index contributed by atoms with van der Waals surface area (Å²) >= 11 is 6.41. The Labute approximate surface area is 225 Å². The second kappa shape index (κ2) is 10.8. The van der Waals surface area contributed by atoms with Crippen LogP contribution in [0.15, 0.2) is 29.1 Å². The molecule has 4 rings (SSSR count). The van der Waals surface area contributed by atoms with Crippen LogP contribution in [0, 0.1) is 11.3 Å². The number of amides is 1. The van der Waals surface area contributed by atoms with Gasteiger partial charge in [0.1, 0.15) is 5.60 Å². The molecule has 0 spiro atoms. The van der Waals surface area contributed by atoms with Gasteiger partial charge in [0.05, 0.1) is 18.2 Å². The van der Waals surface area contributed by atoms with Crippen molar-refractivity contribution in [2.45, 2.75) is 52.7 Å². The van der Waals surface area contributed by atoms with Gasteiger partial charge < -0.3 is 14.5 Å². The molecule has 0 bridgehead atoms. The molecule has 2 aromatic heterocycles. The maximum atomic E-state index is 13.7. The number of nitriles is 1. The van der Waals surface area contributed by atoms with Crippen molar-refractivity contribution in [3.05, 3.63) is 51.0 Å². The Morgan fingerprint density at radius 1 is 1.13 bits per heavy atom. The zero-order valence-corrected chi connectivity index (χ0v) is 22.7. The number of anilines is 1. The lowest BCUT2D eigenvalue weighted by molar-refractivity contribution is 0.0239. The zero-order valence-electron chi connectivity index (χ0n) is 21.9. The molecule has 1 amide bonds. The number of hydrogen-bond acceptors (Lipinski definition) is 8. The Morgan fingerprint density at radius 3 is 2.45 bits per heavy atom. The average molecular weight is 540 g/mol. The summed E-state index contributed by atoms with van der Waals surface area (Å²) < 4.78 is 8.03. The molecule has 0 saturated carbocycles. The predicted octanol–water partition coefficient (Wildman–Crippen LogP) is 3.66. The quantitative estimate of drug-likeness (QED) is 0.449. The molecule has 1 saturated heterocycles. The van der Waals surface area contributed by atoms with Gasteiger partial charge >= 0.3 is 6.09 Å². The van der Waals surface area contributed by atoms with Crippen molar-refractivity contribution in [3.8, 4) is 6.07 Å². The number of aromatic nitrogens is 4. The van der Waals surface area contributed by atoms with E-state index in [-0.39, 0.29) is 41.3 Å². The van der Waals surface area contributed by atoms with Gasteiger partial charge in [-0.2, -0.15) is 15.2 Å². The van der Waals surface area contributed by atoms with Crippen molar-refractivity contribution in [3.63, 3.8) is 0 Å². The molecule has 0 radical (unpaired) electrons. The van der Waals surface area contributed by atoms with Gasteiger partial charge in [-0.05, 0) is 50.4 Å². The van der Waals surface area contributed by atoms with E-state index in [0.717, 1.165) is 0 Å². The third-order valence-corrected chi connectivity index (χ3v) is 6.39. The fourth-order valence-corrected chi connectivity index (χ4v) is 4.51. The van der Waals surface area contributed by atoms with Crippen molar-refractivity contribution >= 4 is 40.7 Å². The lowest BCUT2D eigenvalue weighted by atomic mass is 10.1. The lowest BCUT2D eigenvalue weighted by Gasteiger charge is -2.36. The Morgan fingerprint density at radius 2 is 1.82 bits per heavy atom. The second-order valence-electron chi connectivity index (χ2n) is 10.1. The number of fused-ring (bicyclic) bond motifs is 1. The van der Waals surface area contributed by atoms with E-state index in [0.29, 0.717) is 43.7 Å². The first-order chi connectivity index (χ1) is 18.0. The molecule has 0 N–H and O–H groups in total. The maximum Gasteiger partial charge on any atom is 0.410 e. The van der Waals surface area contributed by atoms with Gasteiger partial charge in [-0.1, -0.05) is 25.1 Å². The summed E-state index contributed by atoms with van der Waals surface area (Å²) in [6.07, 6.45) is 0.381. The highest BCUT2D eigenvalue weighted by Crippen LogP contribution is 2.24. The summed E-state index contributed by atoms with van der Waals surface area (Å²) in [5, 5.41) is 9.36. The molecule has 11 nitrogen and oxygen atoms in total. The van der Waals surface area contributed by atoms with E-state index >= 15 is 0 Å². The Bertz CT molecular complexity index is 1470. The third kappa shape index (κ3) is 5.50. The van der Waals surface area contributed by atoms with Crippen molar-refractivity contribution < 1.29 is 14.3 Å². The largest absolute Gasteiger partial charge is 0.444 e. The minimum absolute atomic E-state index is 0.0153. The van der Waals surface area contributed by atoms with Crippen molar-refractivity contribution in [1.29, 1.82) is 5.26 Å². The number of carbonyl (C=O) groups is 2. The molecule has 1 fully saturated rings. The number of rotatable bonds is 5. The second-order valence-corrected chi connectivity index (χ2v) is 10.4. The van der Waals surface area contributed by atoms with Crippen LogP contribution in [-0.4, -0.2) is 67.8 Å². The molecular weight excluding hydrogens is 510 g/mol. The number of carbonyl (C=O) groups excluding carboxylic acids is 2. The smallest absolute Gasteiger partial charge is 0.410 e. The molecule has 1 aromatic carbocycles. The molecule has 0 aliphatic carbocycles. The van der Waals surface area contributed by atoms with Crippen LogP contribution < -0.4 is 10.5 Å². The SMILES string of the molecule is CCCC(=O)n1c(N2CCN(C(=O)OC(C)(C)C)CC2)nc2nc(Cl)n(Cc3ccccc3C#N)c(=O)c21. The number of imidazole rings is 1. The Hall–Kier alpha value is -3.91. The fraction of sp³-hybridized carbons (Fsp3) is 0.462. The number of hydrogen-bond donors (Lipinski definition) is 0. The van der Waals surface area contributed by atoms with Crippen LogP contribution in [0.1, 0.15) is 56.5 Å². The van der Waals surface area contributed by atoms with Gasteiger partial charge in [0.2, 0.25) is 17.1 Å². The van der Waals surface area contributed by atoms with Gasteiger partial charge in [0.25, 0.3) is 5.56 Å². The Balaban J connectivity index is 1.73. The molecule has 3 aromatic rings. The molecule has 0 atom stereocenters. The minimum Gasteiger partial charge on any atom is -0.444 e. The zero-order chi connectivity index (χ0) is 27.6. The third-order valence-electron chi connectivity index (χ3n) is 6.10. The molecule has 200 valence electrons. The van der Waals surface area contributed by atoms with E-state index < -0.39 is 17.3 Å².